The molecule has 1 aromatic heterocycles. The summed E-state index contributed by atoms with van der Waals surface area (Å²) in [4.78, 5) is 22.2. The van der Waals surface area contributed by atoms with Gasteiger partial charge in [-0.25, -0.2) is 0 Å². The van der Waals surface area contributed by atoms with Crippen molar-refractivity contribution in [3.05, 3.63) is 11.7 Å². The monoisotopic (exact) mass is 360 g/mol. The van der Waals surface area contributed by atoms with Gasteiger partial charge in [-0.05, 0) is 50.5 Å². The van der Waals surface area contributed by atoms with Gasteiger partial charge in [-0.15, -0.1) is 0 Å². The van der Waals surface area contributed by atoms with E-state index in [1.54, 1.807) is 0 Å². The Bertz CT molecular complexity index is 640. The number of rotatable bonds is 6. The second-order valence-electron chi connectivity index (χ2n) is 9.09. The number of amides is 1. The van der Waals surface area contributed by atoms with Gasteiger partial charge in [0, 0.05) is 26.1 Å². The molecule has 0 aromatic carbocycles. The molecule has 0 radical (unpaired) electrons. The zero-order valence-electron chi connectivity index (χ0n) is 16.2. The van der Waals surface area contributed by atoms with Gasteiger partial charge in [0.2, 0.25) is 11.8 Å². The van der Waals surface area contributed by atoms with E-state index >= 15 is 0 Å². The van der Waals surface area contributed by atoms with E-state index in [-0.39, 0.29) is 5.41 Å². The smallest absolute Gasteiger partial charge is 0.230 e. The fourth-order valence-corrected chi connectivity index (χ4v) is 4.77. The topological polar surface area (TPSA) is 62.5 Å². The molecule has 3 fully saturated rings. The molecule has 6 heteroatoms. The lowest BCUT2D eigenvalue weighted by molar-refractivity contribution is -0.146. The van der Waals surface area contributed by atoms with Crippen LogP contribution in [0.4, 0.5) is 0 Å². The Hall–Kier alpha value is -1.43. The summed E-state index contributed by atoms with van der Waals surface area (Å²) in [5.74, 6) is 3.16. The minimum absolute atomic E-state index is 0.160. The molecule has 1 atom stereocenters. The number of aromatic nitrogens is 2. The minimum Gasteiger partial charge on any atom is -0.342 e. The number of likely N-dealkylation sites (tertiary alicyclic amines) is 2. The molecular formula is C20H32N4O2. The third kappa shape index (κ3) is 3.66. The van der Waals surface area contributed by atoms with Crippen LogP contribution in [0.15, 0.2) is 4.52 Å². The van der Waals surface area contributed by atoms with E-state index in [0.717, 1.165) is 69.5 Å². The van der Waals surface area contributed by atoms with Gasteiger partial charge in [0.25, 0.3) is 0 Å². The van der Waals surface area contributed by atoms with E-state index in [2.05, 4.69) is 33.8 Å². The number of hydrogen-bond acceptors (Lipinski definition) is 5. The van der Waals surface area contributed by atoms with Gasteiger partial charge in [-0.3, -0.25) is 9.69 Å². The molecule has 1 unspecified atom stereocenters. The molecule has 3 aliphatic rings. The molecule has 2 aliphatic heterocycles. The summed E-state index contributed by atoms with van der Waals surface area (Å²) in [5, 5.41) is 4.14. The molecule has 1 saturated carbocycles. The van der Waals surface area contributed by atoms with Crippen LogP contribution < -0.4 is 0 Å². The van der Waals surface area contributed by atoms with Crippen LogP contribution in [0.1, 0.15) is 64.1 Å². The lowest BCUT2D eigenvalue weighted by atomic mass is 9.77. The summed E-state index contributed by atoms with van der Waals surface area (Å²) in [7, 11) is 0. The molecule has 6 nitrogen and oxygen atoms in total. The number of nitrogens with zero attached hydrogens (tertiary/aromatic N) is 4. The van der Waals surface area contributed by atoms with E-state index in [0.29, 0.717) is 18.4 Å². The van der Waals surface area contributed by atoms with Crippen molar-refractivity contribution >= 4 is 5.91 Å². The van der Waals surface area contributed by atoms with Crippen molar-refractivity contribution in [2.24, 2.45) is 17.3 Å². The summed E-state index contributed by atoms with van der Waals surface area (Å²) in [5.41, 5.74) is -0.160. The molecule has 3 heterocycles. The Balaban J connectivity index is 1.35. The quantitative estimate of drug-likeness (QED) is 0.780. The van der Waals surface area contributed by atoms with Crippen molar-refractivity contribution in [3.8, 4) is 0 Å². The van der Waals surface area contributed by atoms with Gasteiger partial charge in [0.05, 0.1) is 12.0 Å². The fraction of sp³-hybridized carbons (Fsp3) is 0.850. The Morgan fingerprint density at radius 3 is 2.81 bits per heavy atom. The molecule has 144 valence electrons. The van der Waals surface area contributed by atoms with E-state index < -0.39 is 0 Å². The highest BCUT2D eigenvalue weighted by molar-refractivity contribution is 5.84. The Labute approximate surface area is 156 Å². The third-order valence-electron chi connectivity index (χ3n) is 6.42. The van der Waals surface area contributed by atoms with Crippen LogP contribution in [0.2, 0.25) is 0 Å². The van der Waals surface area contributed by atoms with Gasteiger partial charge in [-0.1, -0.05) is 25.4 Å². The second kappa shape index (κ2) is 7.29. The predicted molar refractivity (Wildman–Crippen MR) is 98.3 cm³/mol. The van der Waals surface area contributed by atoms with Gasteiger partial charge >= 0.3 is 0 Å². The average Bonchev–Trinajstić information content (AvgIpc) is 3.15. The molecule has 0 N–H and O–H groups in total. The first-order valence-electron chi connectivity index (χ1n) is 10.4. The molecule has 1 amide bonds. The van der Waals surface area contributed by atoms with E-state index in [9.17, 15) is 4.79 Å². The maximum atomic E-state index is 13.2. The highest BCUT2D eigenvalue weighted by Gasteiger charge is 2.48. The van der Waals surface area contributed by atoms with Crippen LogP contribution in [0.25, 0.3) is 0 Å². The van der Waals surface area contributed by atoms with Gasteiger partial charge in [-0.2, -0.15) is 4.98 Å². The normalized spacial score (nSPS) is 27.7. The van der Waals surface area contributed by atoms with Gasteiger partial charge in [0.15, 0.2) is 5.82 Å². The first kappa shape index (κ1) is 18.0. The van der Waals surface area contributed by atoms with Crippen molar-refractivity contribution < 1.29 is 9.32 Å². The second-order valence-corrected chi connectivity index (χ2v) is 9.09. The first-order valence-corrected chi connectivity index (χ1v) is 10.4. The summed E-state index contributed by atoms with van der Waals surface area (Å²) >= 11 is 0. The largest absolute Gasteiger partial charge is 0.342 e. The molecule has 1 aliphatic carbocycles. The molecule has 0 bridgehead atoms. The zero-order valence-corrected chi connectivity index (χ0v) is 16.2. The minimum atomic E-state index is -0.160. The van der Waals surface area contributed by atoms with E-state index in [1.165, 1.54) is 19.3 Å². The predicted octanol–water partition coefficient (Wildman–Crippen LogP) is 2.88. The Morgan fingerprint density at radius 1 is 1.23 bits per heavy atom. The van der Waals surface area contributed by atoms with Crippen LogP contribution in [0.3, 0.4) is 0 Å². The summed E-state index contributed by atoms with van der Waals surface area (Å²) < 4.78 is 5.36. The number of piperidine rings is 1. The standard InChI is InChI=1S/C20H32N4O2/c1-15(2)11-18-21-17(22-26-18)13-23-10-8-20(14-23)7-4-9-24(19(20)25)12-16-5-3-6-16/h15-16H,3-14H2,1-2H3. The van der Waals surface area contributed by atoms with E-state index in [4.69, 9.17) is 4.52 Å². The molecule has 26 heavy (non-hydrogen) atoms. The lowest BCUT2D eigenvalue weighted by Crippen LogP contribution is -2.51. The average molecular weight is 361 g/mol. The van der Waals surface area contributed by atoms with Crippen LogP contribution in [-0.4, -0.2) is 52.0 Å². The Morgan fingerprint density at radius 2 is 2.08 bits per heavy atom. The maximum absolute atomic E-state index is 13.2. The lowest BCUT2D eigenvalue weighted by Gasteiger charge is -2.42. The fourth-order valence-electron chi connectivity index (χ4n) is 4.77. The summed E-state index contributed by atoms with van der Waals surface area (Å²) in [6.45, 7) is 8.75. The first-order chi connectivity index (χ1) is 12.5. The zero-order chi connectivity index (χ0) is 18.1. The van der Waals surface area contributed by atoms with Crippen LogP contribution in [0.5, 0.6) is 0 Å². The highest BCUT2D eigenvalue weighted by Crippen LogP contribution is 2.41. The van der Waals surface area contributed by atoms with Crippen molar-refractivity contribution in [1.29, 1.82) is 0 Å². The number of carbonyl (C=O) groups excluding carboxylic acids is 1. The Kier molecular flexibility index (Phi) is 5.04. The maximum Gasteiger partial charge on any atom is 0.230 e. The van der Waals surface area contributed by atoms with Crippen LogP contribution >= 0.6 is 0 Å². The summed E-state index contributed by atoms with van der Waals surface area (Å²) in [6.07, 6.45) is 7.94. The number of hydrogen-bond donors (Lipinski definition) is 0. The van der Waals surface area contributed by atoms with Crippen molar-refractivity contribution in [2.75, 3.05) is 26.2 Å². The highest BCUT2D eigenvalue weighted by atomic mass is 16.5. The molecular weight excluding hydrogens is 328 g/mol. The van der Waals surface area contributed by atoms with E-state index in [1.807, 2.05) is 0 Å². The van der Waals surface area contributed by atoms with Crippen molar-refractivity contribution in [3.63, 3.8) is 0 Å². The van der Waals surface area contributed by atoms with Crippen molar-refractivity contribution in [2.45, 2.75) is 65.3 Å². The van der Waals surface area contributed by atoms with Crippen LogP contribution in [0, 0.1) is 17.3 Å². The molecule has 4 rings (SSSR count). The number of carbonyl (C=O) groups is 1. The van der Waals surface area contributed by atoms with Gasteiger partial charge < -0.3 is 9.42 Å². The van der Waals surface area contributed by atoms with Crippen molar-refractivity contribution in [1.82, 2.24) is 19.9 Å². The molecule has 1 aromatic rings. The third-order valence-corrected chi connectivity index (χ3v) is 6.42. The molecule has 2 saturated heterocycles. The molecule has 1 spiro atoms. The van der Waals surface area contributed by atoms with Crippen LogP contribution in [-0.2, 0) is 17.8 Å². The summed E-state index contributed by atoms with van der Waals surface area (Å²) in [6, 6.07) is 0. The SMILES string of the molecule is CC(C)Cc1nc(CN2CCC3(CCCN(CC4CCC4)C3=O)C2)no1. The van der Waals surface area contributed by atoms with Gasteiger partial charge in [0.1, 0.15) is 0 Å².